The maximum atomic E-state index is 12.6. The van der Waals surface area contributed by atoms with E-state index >= 15 is 0 Å². The van der Waals surface area contributed by atoms with Gasteiger partial charge in [-0.3, -0.25) is 14.5 Å². The Morgan fingerprint density at radius 2 is 2.18 bits per heavy atom. The van der Waals surface area contributed by atoms with Crippen molar-refractivity contribution in [3.8, 4) is 0 Å². The fourth-order valence-corrected chi connectivity index (χ4v) is 3.84. The summed E-state index contributed by atoms with van der Waals surface area (Å²) in [5.74, 6) is 0.275. The number of hydrogen-bond acceptors (Lipinski definition) is 7. The molecular formula is C19H33N5O3S. The molecule has 0 aliphatic carbocycles. The van der Waals surface area contributed by atoms with Crippen LogP contribution in [-0.2, 0) is 11.2 Å². The van der Waals surface area contributed by atoms with Crippen molar-refractivity contribution in [2.45, 2.75) is 46.6 Å². The highest BCUT2D eigenvalue weighted by Gasteiger charge is 2.26. The largest absolute Gasteiger partial charge is 0.379 e. The third-order valence-electron chi connectivity index (χ3n) is 4.57. The molecule has 0 atom stereocenters. The van der Waals surface area contributed by atoms with Gasteiger partial charge in [0.1, 0.15) is 0 Å². The van der Waals surface area contributed by atoms with Gasteiger partial charge in [-0.15, -0.1) is 4.79 Å². The van der Waals surface area contributed by atoms with Gasteiger partial charge in [0.25, 0.3) is 5.56 Å². The van der Waals surface area contributed by atoms with E-state index in [0.717, 1.165) is 55.7 Å². The highest BCUT2D eigenvalue weighted by atomic mass is 32.2. The maximum Gasteiger partial charge on any atom is 0.301 e. The summed E-state index contributed by atoms with van der Waals surface area (Å²) >= 11 is 0.995. The molecule has 1 aliphatic heterocycles. The first-order valence-corrected chi connectivity index (χ1v) is 10.7. The molecule has 2 rings (SSSR count). The van der Waals surface area contributed by atoms with Crippen molar-refractivity contribution < 1.29 is 9.53 Å². The van der Waals surface area contributed by atoms with Gasteiger partial charge in [0, 0.05) is 45.8 Å². The Bertz CT molecular complexity index is 703. The van der Waals surface area contributed by atoms with Crippen LogP contribution in [0.1, 0.15) is 38.4 Å². The van der Waals surface area contributed by atoms with E-state index in [0.29, 0.717) is 19.2 Å². The van der Waals surface area contributed by atoms with Gasteiger partial charge in [-0.1, -0.05) is 20.8 Å². The van der Waals surface area contributed by atoms with Gasteiger partial charge in [-0.2, -0.15) is 5.10 Å². The molecule has 1 aromatic heterocycles. The Kier molecular flexibility index (Phi) is 8.78. The third kappa shape index (κ3) is 6.49. The molecule has 2 heterocycles. The number of hydrogen-bond donors (Lipinski definition) is 1. The number of likely N-dealkylation sites (tertiary alicyclic amines) is 1. The predicted molar refractivity (Wildman–Crippen MR) is 113 cm³/mol. The van der Waals surface area contributed by atoms with Crippen molar-refractivity contribution in [1.82, 2.24) is 20.1 Å². The number of aromatic nitrogens is 2. The molecule has 1 aromatic rings. The van der Waals surface area contributed by atoms with Crippen LogP contribution in [0.3, 0.4) is 0 Å². The van der Waals surface area contributed by atoms with Gasteiger partial charge in [0.05, 0.1) is 30.3 Å². The van der Waals surface area contributed by atoms with Crippen LogP contribution < -0.4 is 15.3 Å². The quantitative estimate of drug-likeness (QED) is 0.588. The molecule has 0 aromatic carbocycles. The number of rotatable bonds is 10. The number of aryl methyl sites for hydroxylation is 1. The molecule has 0 saturated carbocycles. The van der Waals surface area contributed by atoms with Crippen LogP contribution in [0, 0.1) is 12.8 Å². The van der Waals surface area contributed by atoms with Gasteiger partial charge in [0.2, 0.25) is 0 Å². The van der Waals surface area contributed by atoms with Crippen LogP contribution >= 0.6 is 11.9 Å². The zero-order chi connectivity index (χ0) is 20.7. The third-order valence-corrected chi connectivity index (χ3v) is 5.39. The summed E-state index contributed by atoms with van der Waals surface area (Å²) in [6, 6.07) is 1.61. The monoisotopic (exact) mass is 411 g/mol. The summed E-state index contributed by atoms with van der Waals surface area (Å²) in [4.78, 5) is 28.4. The summed E-state index contributed by atoms with van der Waals surface area (Å²) in [6.45, 7) is 11.9. The van der Waals surface area contributed by atoms with Crippen molar-refractivity contribution in [3.63, 3.8) is 0 Å². The van der Waals surface area contributed by atoms with Gasteiger partial charge < -0.3 is 10.1 Å². The highest BCUT2D eigenvalue weighted by molar-refractivity contribution is 8.14. The second-order valence-electron chi connectivity index (χ2n) is 7.60. The normalized spacial score (nSPS) is 14.9. The molecule has 0 unspecified atom stereocenters. The molecule has 1 aliphatic rings. The second-order valence-corrected chi connectivity index (χ2v) is 8.58. The number of carbonyl (C=O) groups is 1. The van der Waals surface area contributed by atoms with Crippen molar-refractivity contribution >= 4 is 17.2 Å². The van der Waals surface area contributed by atoms with Crippen LogP contribution in [0.4, 0.5) is 4.79 Å². The Morgan fingerprint density at radius 3 is 2.79 bits per heavy atom. The van der Waals surface area contributed by atoms with Gasteiger partial charge in [0.15, 0.2) is 0 Å². The van der Waals surface area contributed by atoms with Gasteiger partial charge in [-0.05, 0) is 24.8 Å². The van der Waals surface area contributed by atoms with E-state index < -0.39 is 0 Å². The highest BCUT2D eigenvalue weighted by Crippen LogP contribution is 2.14. The maximum absolute atomic E-state index is 12.6. The standard InChI is InChI=1S/C19H33N5O3S/c1-6-8-20-19(26)28-23(11-14(2)3)24-18(25)10-15(4)17(21-24)7-9-22-12-16(13-22)27-5/h10,14,16H,6-9,11-13H2,1-5H3,(H,20,26). The van der Waals surface area contributed by atoms with Crippen molar-refractivity contribution in [2.24, 2.45) is 5.92 Å². The van der Waals surface area contributed by atoms with Crippen LogP contribution in [0.25, 0.3) is 0 Å². The summed E-state index contributed by atoms with van der Waals surface area (Å²) in [5, 5.41) is 7.26. The van der Waals surface area contributed by atoms with E-state index in [4.69, 9.17) is 4.74 Å². The minimum atomic E-state index is -0.221. The number of ether oxygens (including phenoxy) is 1. The first kappa shape index (κ1) is 22.7. The van der Waals surface area contributed by atoms with E-state index in [9.17, 15) is 9.59 Å². The summed E-state index contributed by atoms with van der Waals surface area (Å²) in [5.41, 5.74) is 1.54. The summed E-state index contributed by atoms with van der Waals surface area (Å²) < 4.78 is 6.97. The van der Waals surface area contributed by atoms with E-state index in [1.165, 1.54) is 4.79 Å². The second kappa shape index (κ2) is 10.8. The smallest absolute Gasteiger partial charge is 0.301 e. The minimum absolute atomic E-state index is 0.176. The summed E-state index contributed by atoms with van der Waals surface area (Å²) in [6.07, 6.45) is 1.94. The molecular weight excluding hydrogens is 378 g/mol. The molecule has 1 amide bonds. The molecule has 0 spiro atoms. The average Bonchev–Trinajstić information content (AvgIpc) is 2.59. The predicted octanol–water partition coefficient (Wildman–Crippen LogP) is 1.79. The Morgan fingerprint density at radius 1 is 1.46 bits per heavy atom. The van der Waals surface area contributed by atoms with Crippen molar-refractivity contribution in [3.05, 3.63) is 27.7 Å². The fraction of sp³-hybridized carbons (Fsp3) is 0.737. The zero-order valence-electron chi connectivity index (χ0n) is 17.6. The lowest BCUT2D eigenvalue weighted by Gasteiger charge is -2.38. The van der Waals surface area contributed by atoms with Crippen LogP contribution in [-0.4, -0.2) is 66.0 Å². The first-order chi connectivity index (χ1) is 13.3. The Balaban J connectivity index is 2.12. The van der Waals surface area contributed by atoms with Crippen molar-refractivity contribution in [2.75, 3.05) is 44.2 Å². The zero-order valence-corrected chi connectivity index (χ0v) is 18.4. The number of methoxy groups -OCH3 is 1. The van der Waals surface area contributed by atoms with E-state index in [2.05, 4.69) is 15.3 Å². The van der Waals surface area contributed by atoms with Gasteiger partial charge in [-0.25, -0.2) is 4.41 Å². The van der Waals surface area contributed by atoms with Crippen LogP contribution in [0.2, 0.25) is 0 Å². The number of nitrogens with one attached hydrogen (secondary N) is 1. The average molecular weight is 412 g/mol. The van der Waals surface area contributed by atoms with Crippen LogP contribution in [0.5, 0.6) is 0 Å². The molecule has 28 heavy (non-hydrogen) atoms. The van der Waals surface area contributed by atoms with E-state index in [1.54, 1.807) is 17.6 Å². The van der Waals surface area contributed by atoms with Gasteiger partial charge >= 0.3 is 5.24 Å². The summed E-state index contributed by atoms with van der Waals surface area (Å²) in [7, 11) is 1.74. The van der Waals surface area contributed by atoms with Crippen LogP contribution in [0.15, 0.2) is 10.9 Å². The lowest BCUT2D eigenvalue weighted by molar-refractivity contribution is -0.0286. The molecule has 9 heteroatoms. The minimum Gasteiger partial charge on any atom is -0.379 e. The molecule has 1 fully saturated rings. The topological polar surface area (TPSA) is 79.7 Å². The number of amides is 1. The number of nitrogens with zero attached hydrogens (tertiary/aromatic N) is 4. The lowest BCUT2D eigenvalue weighted by Crippen LogP contribution is -2.52. The SMILES string of the molecule is CCCNC(=O)SN(CC(C)C)n1nc(CCN2CC(OC)C2)c(C)cc1=O. The Labute approximate surface area is 171 Å². The molecule has 0 radical (unpaired) electrons. The molecule has 0 bridgehead atoms. The fourth-order valence-electron chi connectivity index (χ4n) is 2.91. The van der Waals surface area contributed by atoms with E-state index in [-0.39, 0.29) is 16.7 Å². The van der Waals surface area contributed by atoms with E-state index in [1.807, 2.05) is 27.7 Å². The molecule has 8 nitrogen and oxygen atoms in total. The number of carbonyl (C=O) groups excluding carboxylic acids is 1. The lowest BCUT2D eigenvalue weighted by atomic mass is 10.1. The van der Waals surface area contributed by atoms with Crippen molar-refractivity contribution in [1.29, 1.82) is 0 Å². The molecule has 1 N–H and O–H groups in total. The molecule has 1 saturated heterocycles. The first-order valence-electron chi connectivity index (χ1n) is 9.92. The molecule has 158 valence electrons. The Hall–Kier alpha value is -1.58.